The fourth-order valence-corrected chi connectivity index (χ4v) is 1.89. The minimum absolute atomic E-state index is 0.0350. The number of methoxy groups -OCH3 is 1. The number of carbonyl (C=O) groups is 1. The van der Waals surface area contributed by atoms with Gasteiger partial charge in [-0.25, -0.2) is 4.99 Å². The number of amides is 1. The lowest BCUT2D eigenvalue weighted by Gasteiger charge is -2.21. The summed E-state index contributed by atoms with van der Waals surface area (Å²) in [5.74, 6) is 1.05. The molecule has 0 fully saturated rings. The van der Waals surface area contributed by atoms with Gasteiger partial charge in [-0.1, -0.05) is 13.8 Å². The first-order chi connectivity index (χ1) is 10.9. The first kappa shape index (κ1) is 21.7. The number of likely N-dealkylation sites (N-methyl/N-ethyl adjacent to an activating group) is 1. The van der Waals surface area contributed by atoms with Crippen LogP contribution in [0.25, 0.3) is 0 Å². The minimum atomic E-state index is -0.0350. The van der Waals surface area contributed by atoms with Crippen molar-refractivity contribution < 1.29 is 14.3 Å². The van der Waals surface area contributed by atoms with Crippen LogP contribution in [0.4, 0.5) is 0 Å². The van der Waals surface area contributed by atoms with E-state index in [1.807, 2.05) is 6.92 Å². The minimum Gasteiger partial charge on any atom is -0.383 e. The van der Waals surface area contributed by atoms with E-state index in [2.05, 4.69) is 29.5 Å². The second-order valence-corrected chi connectivity index (χ2v) is 5.83. The van der Waals surface area contributed by atoms with Gasteiger partial charge in [0.25, 0.3) is 0 Å². The van der Waals surface area contributed by atoms with Crippen molar-refractivity contribution in [2.45, 2.75) is 33.3 Å². The summed E-state index contributed by atoms with van der Waals surface area (Å²) in [6, 6.07) is 0. The summed E-state index contributed by atoms with van der Waals surface area (Å²) in [6.07, 6.45) is 1.11. The Labute approximate surface area is 140 Å². The number of guanidine groups is 1. The van der Waals surface area contributed by atoms with Gasteiger partial charge in [0.15, 0.2) is 5.96 Å². The molecule has 0 radical (unpaired) electrons. The third kappa shape index (κ3) is 10.9. The molecule has 0 aromatic rings. The highest BCUT2D eigenvalue weighted by Crippen LogP contribution is 2.09. The van der Waals surface area contributed by atoms with E-state index in [-0.39, 0.29) is 18.6 Å². The highest BCUT2D eigenvalue weighted by molar-refractivity contribution is 5.84. The normalized spacial score (nSPS) is 13.1. The molecule has 2 N–H and O–H groups in total. The zero-order valence-electron chi connectivity index (χ0n) is 15.5. The molecular formula is C16H34N4O3. The first-order valence-electron chi connectivity index (χ1n) is 8.25. The van der Waals surface area contributed by atoms with Gasteiger partial charge in [0.2, 0.25) is 5.91 Å². The number of carbonyl (C=O) groups excluding carboxylic acids is 1. The van der Waals surface area contributed by atoms with Crippen LogP contribution in [-0.4, -0.2) is 76.9 Å². The maximum Gasteiger partial charge on any atom is 0.243 e. The number of hydrogen-bond acceptors (Lipinski definition) is 4. The van der Waals surface area contributed by atoms with E-state index in [4.69, 9.17) is 9.47 Å². The molecule has 0 spiro atoms. The van der Waals surface area contributed by atoms with Crippen molar-refractivity contribution in [3.05, 3.63) is 0 Å². The van der Waals surface area contributed by atoms with Crippen LogP contribution < -0.4 is 10.6 Å². The zero-order valence-corrected chi connectivity index (χ0v) is 15.5. The monoisotopic (exact) mass is 330 g/mol. The molecule has 0 heterocycles. The number of hydrogen-bond donors (Lipinski definition) is 2. The summed E-state index contributed by atoms with van der Waals surface area (Å²) in [6.45, 7) is 9.10. The predicted octanol–water partition coefficient (Wildman–Crippen LogP) is 0.707. The molecule has 1 atom stereocenters. The number of aliphatic imine (C=N–C) groups is 1. The second-order valence-electron chi connectivity index (χ2n) is 5.83. The highest BCUT2D eigenvalue weighted by atomic mass is 16.5. The Bertz CT molecular complexity index is 346. The molecule has 1 unspecified atom stereocenters. The molecule has 0 saturated carbocycles. The van der Waals surface area contributed by atoms with Crippen LogP contribution in [0.2, 0.25) is 0 Å². The Hall–Kier alpha value is -1.34. The van der Waals surface area contributed by atoms with E-state index >= 15 is 0 Å². The fraction of sp³-hybridized carbons (Fsp3) is 0.875. The van der Waals surface area contributed by atoms with E-state index in [1.165, 1.54) is 4.90 Å². The van der Waals surface area contributed by atoms with Crippen molar-refractivity contribution in [2.75, 3.05) is 54.1 Å². The Balaban J connectivity index is 4.44. The van der Waals surface area contributed by atoms with E-state index < -0.39 is 0 Å². The maximum atomic E-state index is 11.7. The van der Waals surface area contributed by atoms with Crippen molar-refractivity contribution in [3.8, 4) is 0 Å². The quantitative estimate of drug-likeness (QED) is 0.331. The average molecular weight is 330 g/mol. The van der Waals surface area contributed by atoms with Crippen LogP contribution in [0, 0.1) is 5.92 Å². The lowest BCUT2D eigenvalue weighted by molar-refractivity contribution is -0.127. The number of nitrogens with one attached hydrogen (secondary N) is 2. The molecule has 0 aromatic heterocycles. The van der Waals surface area contributed by atoms with Gasteiger partial charge in [-0.2, -0.15) is 0 Å². The van der Waals surface area contributed by atoms with Gasteiger partial charge in [-0.15, -0.1) is 0 Å². The Morgan fingerprint density at radius 2 is 1.87 bits per heavy atom. The molecule has 23 heavy (non-hydrogen) atoms. The SMILES string of the molecule is CCOC(CCNC(=NCC(=O)N(C)C)NCCOC)C(C)C. The standard InChI is InChI=1S/C16H34N4O3/c1-7-23-14(13(2)3)8-9-17-16(18-10-11-22-6)19-12-15(21)20(4)5/h13-14H,7-12H2,1-6H3,(H2,17,18,19). The molecule has 136 valence electrons. The summed E-state index contributed by atoms with van der Waals surface area (Å²) in [5, 5.41) is 6.40. The van der Waals surface area contributed by atoms with Gasteiger partial charge in [-0.3, -0.25) is 4.79 Å². The van der Waals surface area contributed by atoms with Crippen molar-refractivity contribution in [1.29, 1.82) is 0 Å². The molecule has 7 heteroatoms. The summed E-state index contributed by atoms with van der Waals surface area (Å²) in [7, 11) is 5.09. The van der Waals surface area contributed by atoms with Crippen molar-refractivity contribution in [2.24, 2.45) is 10.9 Å². The predicted molar refractivity (Wildman–Crippen MR) is 93.7 cm³/mol. The Morgan fingerprint density at radius 1 is 1.22 bits per heavy atom. The van der Waals surface area contributed by atoms with E-state index in [9.17, 15) is 4.79 Å². The molecular weight excluding hydrogens is 296 g/mol. The molecule has 1 amide bonds. The third-order valence-electron chi connectivity index (χ3n) is 3.32. The van der Waals surface area contributed by atoms with Gasteiger partial charge >= 0.3 is 0 Å². The largest absolute Gasteiger partial charge is 0.383 e. The van der Waals surface area contributed by atoms with Crippen LogP contribution in [0.5, 0.6) is 0 Å². The van der Waals surface area contributed by atoms with Gasteiger partial charge in [0, 0.05) is 40.9 Å². The zero-order chi connectivity index (χ0) is 17.7. The fourth-order valence-electron chi connectivity index (χ4n) is 1.89. The van der Waals surface area contributed by atoms with Crippen molar-refractivity contribution in [3.63, 3.8) is 0 Å². The van der Waals surface area contributed by atoms with E-state index in [1.54, 1.807) is 21.2 Å². The highest BCUT2D eigenvalue weighted by Gasteiger charge is 2.13. The van der Waals surface area contributed by atoms with Crippen LogP contribution in [0.1, 0.15) is 27.2 Å². The van der Waals surface area contributed by atoms with Crippen LogP contribution in [0.15, 0.2) is 4.99 Å². The second kappa shape index (κ2) is 13.1. The van der Waals surface area contributed by atoms with Crippen LogP contribution >= 0.6 is 0 Å². The lowest BCUT2D eigenvalue weighted by Crippen LogP contribution is -2.41. The van der Waals surface area contributed by atoms with E-state index in [0.29, 0.717) is 31.6 Å². The van der Waals surface area contributed by atoms with Crippen LogP contribution in [0.3, 0.4) is 0 Å². The number of rotatable bonds is 11. The Kier molecular flexibility index (Phi) is 12.4. The summed E-state index contributed by atoms with van der Waals surface area (Å²) >= 11 is 0. The van der Waals surface area contributed by atoms with Crippen molar-refractivity contribution in [1.82, 2.24) is 15.5 Å². The third-order valence-corrected chi connectivity index (χ3v) is 3.32. The average Bonchev–Trinajstić information content (AvgIpc) is 2.50. The molecule has 0 aliphatic heterocycles. The summed E-state index contributed by atoms with van der Waals surface area (Å²) in [4.78, 5) is 17.5. The first-order valence-corrected chi connectivity index (χ1v) is 8.25. The molecule has 0 aliphatic carbocycles. The van der Waals surface area contributed by atoms with Gasteiger partial charge in [0.1, 0.15) is 6.54 Å². The molecule has 0 saturated heterocycles. The number of ether oxygens (including phenoxy) is 2. The van der Waals surface area contributed by atoms with Gasteiger partial charge in [0.05, 0.1) is 12.7 Å². The molecule has 0 aliphatic rings. The smallest absolute Gasteiger partial charge is 0.243 e. The molecule has 0 aromatic carbocycles. The van der Waals surface area contributed by atoms with Gasteiger partial charge in [-0.05, 0) is 19.3 Å². The summed E-state index contributed by atoms with van der Waals surface area (Å²) < 4.78 is 10.8. The van der Waals surface area contributed by atoms with E-state index in [0.717, 1.165) is 13.0 Å². The van der Waals surface area contributed by atoms with Crippen LogP contribution in [-0.2, 0) is 14.3 Å². The molecule has 0 bridgehead atoms. The maximum absolute atomic E-state index is 11.7. The molecule has 7 nitrogen and oxygen atoms in total. The number of nitrogens with zero attached hydrogens (tertiary/aromatic N) is 2. The van der Waals surface area contributed by atoms with Gasteiger partial charge < -0.3 is 25.0 Å². The Morgan fingerprint density at radius 3 is 2.39 bits per heavy atom. The summed E-state index contributed by atoms with van der Waals surface area (Å²) in [5.41, 5.74) is 0. The van der Waals surface area contributed by atoms with Crippen molar-refractivity contribution >= 4 is 11.9 Å². The molecule has 0 rings (SSSR count). The topological polar surface area (TPSA) is 75.2 Å². The lowest BCUT2D eigenvalue weighted by atomic mass is 10.0.